The largest absolute Gasteiger partial charge is 0.454 e. The first-order chi connectivity index (χ1) is 18.7. The van der Waals surface area contributed by atoms with Crippen molar-refractivity contribution in [3.63, 3.8) is 0 Å². The lowest BCUT2D eigenvalue weighted by Crippen LogP contribution is -2.54. The van der Waals surface area contributed by atoms with E-state index in [1.807, 2.05) is 12.1 Å². The van der Waals surface area contributed by atoms with Gasteiger partial charge in [-0.3, -0.25) is 14.5 Å². The van der Waals surface area contributed by atoms with Crippen molar-refractivity contribution in [2.75, 3.05) is 13.4 Å². The monoisotopic (exact) mass is 538 g/mol. The van der Waals surface area contributed by atoms with Gasteiger partial charge >= 0.3 is 0 Å². The molecule has 1 aromatic carbocycles. The van der Waals surface area contributed by atoms with Gasteiger partial charge in [-0.1, -0.05) is 28.4 Å². The number of fused-ring (bicyclic) bond motifs is 4. The van der Waals surface area contributed by atoms with Gasteiger partial charge in [-0.2, -0.15) is 0 Å². The molecular weight excluding hydrogens is 500 g/mol. The highest BCUT2D eigenvalue weighted by molar-refractivity contribution is 6.06. The molecule has 2 N–H and O–H groups in total. The Hall–Kier alpha value is -3.17. The predicted molar refractivity (Wildman–Crippen MR) is 144 cm³/mol. The molecule has 0 aromatic heterocycles. The number of nitrogens with zero attached hydrogens (tertiary/aromatic N) is 2. The number of imide groups is 1. The molecule has 5 rings (SSSR count). The maximum Gasteiger partial charge on any atom is 0.233 e. The van der Waals surface area contributed by atoms with Crippen molar-refractivity contribution in [2.45, 2.75) is 71.6 Å². The van der Waals surface area contributed by atoms with E-state index in [4.69, 9.17) is 14.3 Å². The van der Waals surface area contributed by atoms with Crippen LogP contribution in [0.4, 0.5) is 0 Å². The molecule has 2 aliphatic carbocycles. The van der Waals surface area contributed by atoms with Gasteiger partial charge in [0, 0.05) is 18.3 Å². The van der Waals surface area contributed by atoms with Crippen LogP contribution in [0, 0.1) is 23.7 Å². The van der Waals surface area contributed by atoms with Gasteiger partial charge in [0.2, 0.25) is 18.6 Å². The average Bonchev–Trinajstić information content (AvgIpc) is 3.47. The minimum atomic E-state index is -1.11. The highest BCUT2D eigenvalue weighted by atomic mass is 16.7. The van der Waals surface area contributed by atoms with E-state index in [-0.39, 0.29) is 37.5 Å². The molecular formula is C30H38N2O7. The highest BCUT2D eigenvalue weighted by Crippen LogP contribution is 2.50. The zero-order valence-electron chi connectivity index (χ0n) is 22.8. The molecule has 0 spiro atoms. The molecule has 210 valence electrons. The number of carbonyl (C=O) groups is 2. The van der Waals surface area contributed by atoms with Gasteiger partial charge in [0.15, 0.2) is 11.5 Å². The van der Waals surface area contributed by atoms with E-state index in [0.717, 1.165) is 18.4 Å². The first-order valence-electron chi connectivity index (χ1n) is 13.8. The van der Waals surface area contributed by atoms with Crippen LogP contribution in [0.2, 0.25) is 0 Å². The summed E-state index contributed by atoms with van der Waals surface area (Å²) in [7, 11) is 0. The summed E-state index contributed by atoms with van der Waals surface area (Å²) >= 11 is 0. The summed E-state index contributed by atoms with van der Waals surface area (Å²) in [6.07, 6.45) is 5.27. The minimum Gasteiger partial charge on any atom is -0.454 e. The third kappa shape index (κ3) is 5.61. The number of ether oxygens (including phenoxy) is 2. The molecule has 1 saturated heterocycles. The molecule has 1 aromatic rings. The molecule has 9 nitrogen and oxygen atoms in total. The fourth-order valence-electron chi connectivity index (χ4n) is 6.41. The van der Waals surface area contributed by atoms with Gasteiger partial charge < -0.3 is 24.5 Å². The Bertz CT molecular complexity index is 1200. The number of oxime groups is 1. The standard InChI is InChI=1S/C30H38N2O7/c1-17(2)5-4-6-18(3)11-12-39-31-22-14-23(33)28(34)26-20(22)8-9-21-27(26)30(36)32(29(21)35)15-19-7-10-24-25(13-19)38-16-37-24/h5,7,10-11,13,20-21,23,26-28,33-34H,4,6,8-9,12,14-16H2,1-3H3/t20-,21+,23+,26-,27-,28+/m0/s1. The van der Waals surface area contributed by atoms with E-state index in [0.29, 0.717) is 36.7 Å². The summed E-state index contributed by atoms with van der Waals surface area (Å²) in [5.41, 5.74) is 3.93. The second kappa shape index (κ2) is 11.5. The minimum absolute atomic E-state index is 0.126. The molecule has 4 aliphatic rings. The van der Waals surface area contributed by atoms with Gasteiger partial charge in [-0.25, -0.2) is 0 Å². The third-order valence-corrected chi connectivity index (χ3v) is 8.43. The summed E-state index contributed by atoms with van der Waals surface area (Å²) < 4.78 is 10.8. The predicted octanol–water partition coefficient (Wildman–Crippen LogP) is 3.73. The molecule has 2 saturated carbocycles. The van der Waals surface area contributed by atoms with Crippen molar-refractivity contribution in [3.05, 3.63) is 47.1 Å². The maximum atomic E-state index is 13.6. The van der Waals surface area contributed by atoms with Gasteiger partial charge in [0.1, 0.15) is 6.61 Å². The Morgan fingerprint density at radius 2 is 1.85 bits per heavy atom. The number of likely N-dealkylation sites (tertiary alicyclic amines) is 1. The van der Waals surface area contributed by atoms with Gasteiger partial charge in [-0.15, -0.1) is 0 Å². The van der Waals surface area contributed by atoms with Crippen LogP contribution in [-0.4, -0.2) is 58.2 Å². The van der Waals surface area contributed by atoms with E-state index in [2.05, 4.69) is 32.0 Å². The highest BCUT2D eigenvalue weighted by Gasteiger charge is 2.59. The lowest BCUT2D eigenvalue weighted by molar-refractivity contribution is -0.142. The number of aliphatic hydroxyl groups excluding tert-OH is 2. The molecule has 9 heteroatoms. The molecule has 2 amide bonds. The normalized spacial score (nSPS) is 30.8. The first-order valence-corrected chi connectivity index (χ1v) is 13.8. The Morgan fingerprint density at radius 1 is 1.08 bits per heavy atom. The van der Waals surface area contributed by atoms with Gasteiger partial charge in [0.05, 0.1) is 36.3 Å². The van der Waals surface area contributed by atoms with Crippen molar-refractivity contribution < 1.29 is 34.1 Å². The van der Waals surface area contributed by atoms with Crippen molar-refractivity contribution in [2.24, 2.45) is 28.8 Å². The quantitative estimate of drug-likeness (QED) is 0.224. The maximum absolute atomic E-state index is 13.6. The van der Waals surface area contributed by atoms with E-state index >= 15 is 0 Å². The van der Waals surface area contributed by atoms with Gasteiger partial charge in [-0.05, 0) is 70.2 Å². The van der Waals surface area contributed by atoms with Gasteiger partial charge in [0.25, 0.3) is 0 Å². The van der Waals surface area contributed by atoms with Crippen LogP contribution in [0.3, 0.4) is 0 Å². The molecule has 39 heavy (non-hydrogen) atoms. The molecule has 0 bridgehead atoms. The van der Waals surface area contributed by atoms with Crippen LogP contribution < -0.4 is 9.47 Å². The summed E-state index contributed by atoms with van der Waals surface area (Å²) in [6.45, 7) is 6.81. The van der Waals surface area contributed by atoms with Crippen LogP contribution in [0.15, 0.2) is 46.7 Å². The summed E-state index contributed by atoms with van der Waals surface area (Å²) in [6, 6.07) is 5.38. The van der Waals surface area contributed by atoms with Crippen LogP contribution >= 0.6 is 0 Å². The average molecular weight is 539 g/mol. The second-order valence-corrected chi connectivity index (χ2v) is 11.4. The van der Waals surface area contributed by atoms with Crippen molar-refractivity contribution in [1.82, 2.24) is 4.90 Å². The zero-order chi connectivity index (χ0) is 27.7. The third-order valence-electron chi connectivity index (χ3n) is 8.43. The van der Waals surface area contributed by atoms with E-state index in [9.17, 15) is 19.8 Å². The first kappa shape index (κ1) is 27.4. The van der Waals surface area contributed by atoms with E-state index in [1.54, 1.807) is 12.1 Å². The molecule has 2 heterocycles. The number of aliphatic hydroxyl groups is 2. The van der Waals surface area contributed by atoms with Crippen molar-refractivity contribution in [3.8, 4) is 11.5 Å². The fraction of sp³-hybridized carbons (Fsp3) is 0.567. The SMILES string of the molecule is CC(C)=CCCC(C)=CCON=C1C[C@@H](O)[C@@H](O)[C@@H]2[C@H]3C(=O)N(Cc4ccc5c(c4)OCO5)C(=O)[C@@H]3CC[C@@H]12. The number of hydrogen-bond donors (Lipinski definition) is 2. The number of rotatable bonds is 8. The Balaban J connectivity index is 1.28. The summed E-state index contributed by atoms with van der Waals surface area (Å²) in [5.74, 6) is -1.33. The molecule has 2 aliphatic heterocycles. The molecule has 0 unspecified atom stereocenters. The molecule has 6 atom stereocenters. The number of allylic oxidation sites excluding steroid dienone is 3. The number of benzene rings is 1. The fourth-order valence-corrected chi connectivity index (χ4v) is 6.41. The summed E-state index contributed by atoms with van der Waals surface area (Å²) in [4.78, 5) is 33.9. The van der Waals surface area contributed by atoms with E-state index in [1.165, 1.54) is 16.0 Å². The Morgan fingerprint density at radius 3 is 2.64 bits per heavy atom. The topological polar surface area (TPSA) is 118 Å². The summed E-state index contributed by atoms with van der Waals surface area (Å²) in [5, 5.41) is 26.1. The number of amides is 2. The lowest BCUT2D eigenvalue weighted by Gasteiger charge is -2.45. The zero-order valence-corrected chi connectivity index (χ0v) is 22.8. The Labute approximate surface area is 229 Å². The number of hydrogen-bond acceptors (Lipinski definition) is 8. The van der Waals surface area contributed by atoms with Crippen molar-refractivity contribution in [1.29, 1.82) is 0 Å². The lowest BCUT2D eigenvalue weighted by atomic mass is 9.60. The number of carbonyl (C=O) groups excluding carboxylic acids is 2. The smallest absolute Gasteiger partial charge is 0.233 e. The molecule has 3 fully saturated rings. The van der Waals surface area contributed by atoms with Crippen LogP contribution in [0.5, 0.6) is 11.5 Å². The van der Waals surface area contributed by atoms with Crippen molar-refractivity contribution >= 4 is 17.5 Å². The Kier molecular flexibility index (Phi) is 8.09. The van der Waals surface area contributed by atoms with Crippen LogP contribution in [0.1, 0.15) is 58.4 Å². The van der Waals surface area contributed by atoms with Crippen LogP contribution in [-0.2, 0) is 21.0 Å². The van der Waals surface area contributed by atoms with E-state index < -0.39 is 30.0 Å². The van der Waals surface area contributed by atoms with Crippen LogP contribution in [0.25, 0.3) is 0 Å². The molecule has 0 radical (unpaired) electrons. The second-order valence-electron chi connectivity index (χ2n) is 11.4.